The molecule has 0 aliphatic heterocycles. The molecule has 2 N–H and O–H groups in total. The molecule has 0 radical (unpaired) electrons. The predicted molar refractivity (Wildman–Crippen MR) is 76.6 cm³/mol. The van der Waals surface area contributed by atoms with Crippen LogP contribution in [0.5, 0.6) is 5.75 Å². The van der Waals surface area contributed by atoms with Crippen molar-refractivity contribution in [3.05, 3.63) is 58.6 Å². The average Bonchev–Trinajstić information content (AvgIpc) is 2.36. The van der Waals surface area contributed by atoms with Gasteiger partial charge in [0.15, 0.2) is 0 Å². The number of phenolic OH excluding ortho intramolecular Hbond substituents is 1. The quantitative estimate of drug-likeness (QED) is 0.900. The van der Waals surface area contributed by atoms with Crippen molar-refractivity contribution in [1.82, 2.24) is 0 Å². The zero-order chi connectivity index (χ0) is 13.8. The number of rotatable bonds is 3. The molecule has 0 heterocycles. The van der Waals surface area contributed by atoms with Gasteiger partial charge in [-0.1, -0.05) is 35.9 Å². The number of anilines is 1. The van der Waals surface area contributed by atoms with Crippen LogP contribution >= 0.6 is 11.6 Å². The molecule has 0 saturated heterocycles. The second-order valence-corrected chi connectivity index (χ2v) is 4.74. The number of halogens is 1. The van der Waals surface area contributed by atoms with Gasteiger partial charge in [-0.15, -0.1) is 0 Å². The number of amides is 1. The first-order chi connectivity index (χ1) is 9.06. The Bertz CT molecular complexity index is 611. The van der Waals surface area contributed by atoms with Crippen molar-refractivity contribution in [2.45, 2.75) is 13.3 Å². The summed E-state index contributed by atoms with van der Waals surface area (Å²) in [5.74, 6) is -0.0973. The molecule has 2 aromatic rings. The Morgan fingerprint density at radius 2 is 2.00 bits per heavy atom. The molecule has 1 amide bonds. The van der Waals surface area contributed by atoms with Crippen molar-refractivity contribution in [1.29, 1.82) is 0 Å². The van der Waals surface area contributed by atoms with E-state index in [-0.39, 0.29) is 18.1 Å². The van der Waals surface area contributed by atoms with Gasteiger partial charge in [0, 0.05) is 5.56 Å². The fraction of sp³-hybridized carbons (Fsp3) is 0.133. The molecule has 2 rings (SSSR count). The summed E-state index contributed by atoms with van der Waals surface area (Å²) < 4.78 is 0. The van der Waals surface area contributed by atoms with Crippen LogP contribution in [0.3, 0.4) is 0 Å². The first-order valence-electron chi connectivity index (χ1n) is 5.89. The molecule has 0 atom stereocenters. The van der Waals surface area contributed by atoms with Crippen LogP contribution in [-0.4, -0.2) is 11.0 Å². The molecule has 98 valence electrons. The Labute approximate surface area is 116 Å². The lowest BCUT2D eigenvalue weighted by molar-refractivity contribution is -0.115. The Balaban J connectivity index is 2.08. The molecule has 4 heteroatoms. The molecule has 0 aliphatic rings. The summed E-state index contributed by atoms with van der Waals surface area (Å²) in [6.45, 7) is 1.93. The van der Waals surface area contributed by atoms with Gasteiger partial charge >= 0.3 is 0 Å². The third-order valence-corrected chi connectivity index (χ3v) is 3.05. The van der Waals surface area contributed by atoms with Gasteiger partial charge in [-0.2, -0.15) is 0 Å². The van der Waals surface area contributed by atoms with Crippen molar-refractivity contribution in [2.75, 3.05) is 5.32 Å². The highest BCUT2D eigenvalue weighted by molar-refractivity contribution is 6.33. The van der Waals surface area contributed by atoms with Crippen molar-refractivity contribution in [3.63, 3.8) is 0 Å². The Kier molecular flexibility index (Phi) is 4.07. The average molecular weight is 276 g/mol. The van der Waals surface area contributed by atoms with Crippen LogP contribution in [0.2, 0.25) is 5.02 Å². The van der Waals surface area contributed by atoms with Gasteiger partial charge in [0.1, 0.15) is 5.75 Å². The molecule has 0 aliphatic carbocycles. The van der Waals surface area contributed by atoms with Crippen LogP contribution < -0.4 is 5.32 Å². The molecular weight excluding hydrogens is 262 g/mol. The van der Waals surface area contributed by atoms with E-state index in [4.69, 9.17) is 11.6 Å². The second kappa shape index (κ2) is 5.76. The van der Waals surface area contributed by atoms with Gasteiger partial charge in [-0.05, 0) is 30.7 Å². The molecule has 2 aromatic carbocycles. The number of hydrogen-bond acceptors (Lipinski definition) is 2. The van der Waals surface area contributed by atoms with E-state index in [0.717, 1.165) is 5.56 Å². The van der Waals surface area contributed by atoms with E-state index in [1.54, 1.807) is 36.4 Å². The fourth-order valence-corrected chi connectivity index (χ4v) is 2.03. The normalized spacial score (nSPS) is 10.2. The van der Waals surface area contributed by atoms with Crippen LogP contribution in [0.1, 0.15) is 11.1 Å². The van der Waals surface area contributed by atoms with Gasteiger partial charge in [-0.25, -0.2) is 0 Å². The lowest BCUT2D eigenvalue weighted by Gasteiger charge is -2.08. The van der Waals surface area contributed by atoms with E-state index >= 15 is 0 Å². The van der Waals surface area contributed by atoms with E-state index in [1.807, 2.05) is 13.0 Å². The molecule has 0 saturated carbocycles. The fourth-order valence-electron chi connectivity index (χ4n) is 1.75. The van der Waals surface area contributed by atoms with Crippen molar-refractivity contribution >= 4 is 23.2 Å². The molecule has 19 heavy (non-hydrogen) atoms. The standard InChI is InChI=1S/C15H14ClNO2/c1-10-6-7-13(12(16)8-10)17-15(19)9-11-4-2-3-5-14(11)18/h2-8,18H,9H2,1H3,(H,17,19). The maximum absolute atomic E-state index is 11.9. The number of aromatic hydroxyl groups is 1. The van der Waals surface area contributed by atoms with Gasteiger partial charge in [0.05, 0.1) is 17.1 Å². The van der Waals surface area contributed by atoms with E-state index in [9.17, 15) is 9.90 Å². The molecule has 0 unspecified atom stereocenters. The zero-order valence-corrected chi connectivity index (χ0v) is 11.2. The SMILES string of the molecule is Cc1ccc(NC(=O)Cc2ccccc2O)c(Cl)c1. The second-order valence-electron chi connectivity index (χ2n) is 4.34. The minimum Gasteiger partial charge on any atom is -0.508 e. The molecule has 0 spiro atoms. The predicted octanol–water partition coefficient (Wildman–Crippen LogP) is 3.54. The number of hydrogen-bond donors (Lipinski definition) is 2. The monoisotopic (exact) mass is 275 g/mol. The highest BCUT2D eigenvalue weighted by Gasteiger charge is 2.09. The Hall–Kier alpha value is -2.00. The first kappa shape index (κ1) is 13.4. The molecule has 0 bridgehead atoms. The Morgan fingerprint density at radius 1 is 1.26 bits per heavy atom. The first-order valence-corrected chi connectivity index (χ1v) is 6.27. The lowest BCUT2D eigenvalue weighted by Crippen LogP contribution is -2.14. The van der Waals surface area contributed by atoms with Gasteiger partial charge < -0.3 is 10.4 Å². The molecular formula is C15H14ClNO2. The summed E-state index contributed by atoms with van der Waals surface area (Å²) in [4.78, 5) is 11.9. The number of carbonyl (C=O) groups excluding carboxylic acids is 1. The van der Waals surface area contributed by atoms with Crippen LogP contribution in [0, 0.1) is 6.92 Å². The van der Waals surface area contributed by atoms with Crippen molar-refractivity contribution in [3.8, 4) is 5.75 Å². The summed E-state index contributed by atoms with van der Waals surface area (Å²) in [6.07, 6.45) is 0.108. The number of nitrogens with one attached hydrogen (secondary N) is 1. The molecule has 0 aromatic heterocycles. The summed E-state index contributed by atoms with van der Waals surface area (Å²) in [5, 5.41) is 12.8. The number of phenols is 1. The lowest BCUT2D eigenvalue weighted by atomic mass is 10.1. The Morgan fingerprint density at radius 3 is 2.68 bits per heavy atom. The largest absolute Gasteiger partial charge is 0.508 e. The highest BCUT2D eigenvalue weighted by atomic mass is 35.5. The smallest absolute Gasteiger partial charge is 0.228 e. The third kappa shape index (κ3) is 3.48. The van der Waals surface area contributed by atoms with Crippen LogP contribution in [0.25, 0.3) is 0 Å². The summed E-state index contributed by atoms with van der Waals surface area (Å²) in [6, 6.07) is 12.2. The van der Waals surface area contributed by atoms with Crippen LogP contribution in [0.4, 0.5) is 5.69 Å². The van der Waals surface area contributed by atoms with Gasteiger partial charge in [-0.3, -0.25) is 4.79 Å². The zero-order valence-electron chi connectivity index (χ0n) is 10.5. The molecule has 0 fully saturated rings. The van der Waals surface area contributed by atoms with Crippen molar-refractivity contribution < 1.29 is 9.90 Å². The number of aryl methyl sites for hydroxylation is 1. The maximum Gasteiger partial charge on any atom is 0.228 e. The third-order valence-electron chi connectivity index (χ3n) is 2.74. The van der Waals surface area contributed by atoms with Crippen molar-refractivity contribution in [2.24, 2.45) is 0 Å². The number of carbonyl (C=O) groups is 1. The highest BCUT2D eigenvalue weighted by Crippen LogP contribution is 2.23. The van der Waals surface area contributed by atoms with E-state index in [1.165, 1.54) is 0 Å². The van der Waals surface area contributed by atoms with Crippen LogP contribution in [0.15, 0.2) is 42.5 Å². The van der Waals surface area contributed by atoms with E-state index in [0.29, 0.717) is 16.3 Å². The minimum absolute atomic E-state index is 0.108. The van der Waals surface area contributed by atoms with Gasteiger partial charge in [0.25, 0.3) is 0 Å². The number of para-hydroxylation sites is 1. The minimum atomic E-state index is -0.216. The maximum atomic E-state index is 11.9. The van der Waals surface area contributed by atoms with E-state index < -0.39 is 0 Å². The van der Waals surface area contributed by atoms with E-state index in [2.05, 4.69) is 5.32 Å². The summed E-state index contributed by atoms with van der Waals surface area (Å²) in [5.41, 5.74) is 2.19. The van der Waals surface area contributed by atoms with Gasteiger partial charge in [0.2, 0.25) is 5.91 Å². The molecule has 3 nitrogen and oxygen atoms in total. The van der Waals surface area contributed by atoms with Crippen LogP contribution in [-0.2, 0) is 11.2 Å². The summed E-state index contributed by atoms with van der Waals surface area (Å²) in [7, 11) is 0. The number of benzene rings is 2. The topological polar surface area (TPSA) is 49.3 Å². The summed E-state index contributed by atoms with van der Waals surface area (Å²) >= 11 is 6.04.